The van der Waals surface area contributed by atoms with E-state index in [0.29, 0.717) is 5.56 Å². The zero-order valence-electron chi connectivity index (χ0n) is 17.3. The Morgan fingerprint density at radius 1 is 1.03 bits per heavy atom. The monoisotopic (exact) mass is 462 g/mol. The maximum atomic E-state index is 13.1. The molecule has 0 unspecified atom stereocenters. The molecule has 10 nitrogen and oxygen atoms in total. The minimum absolute atomic E-state index is 0.0128. The summed E-state index contributed by atoms with van der Waals surface area (Å²) in [4.78, 5) is 37.5. The highest BCUT2D eigenvalue weighted by atomic mass is 32.2. The van der Waals surface area contributed by atoms with E-state index >= 15 is 0 Å². The topological polar surface area (TPSA) is 139 Å². The quantitative estimate of drug-likeness (QED) is 0.519. The summed E-state index contributed by atoms with van der Waals surface area (Å²) in [6.45, 7) is -0.804. The van der Waals surface area contributed by atoms with E-state index in [2.05, 4.69) is 5.32 Å². The summed E-state index contributed by atoms with van der Waals surface area (Å²) in [5.41, 5.74) is 0.458. The molecular formula is C21H22N2O8S. The Hall–Kier alpha value is -3.60. The third-order valence-electron chi connectivity index (χ3n) is 4.97. The van der Waals surface area contributed by atoms with Gasteiger partial charge in [0.25, 0.3) is 5.91 Å². The van der Waals surface area contributed by atoms with Gasteiger partial charge in [-0.15, -0.1) is 0 Å². The van der Waals surface area contributed by atoms with Crippen molar-refractivity contribution in [1.29, 1.82) is 0 Å². The van der Waals surface area contributed by atoms with Crippen LogP contribution in [0.3, 0.4) is 0 Å². The van der Waals surface area contributed by atoms with Gasteiger partial charge in [0.2, 0.25) is 5.91 Å². The number of aliphatic carboxylic acids is 1. The molecule has 170 valence electrons. The molecule has 3 rings (SSSR count). The average Bonchev–Trinajstić information content (AvgIpc) is 2.76. The number of carbonyl (C=O) groups is 3. The molecule has 2 aromatic carbocycles. The van der Waals surface area contributed by atoms with Crippen LogP contribution in [-0.4, -0.2) is 68.4 Å². The Labute approximate surface area is 184 Å². The lowest BCUT2D eigenvalue weighted by atomic mass is 10.1. The SMILES string of the molecule is COc1cccc(OC)c1C(=O)N[C@@H]1C(=O)N(CC(=O)O)[C@@H]1S(=O)(=O)Cc1ccccc1. The van der Waals surface area contributed by atoms with Crippen molar-refractivity contribution in [2.75, 3.05) is 20.8 Å². The number of carboxylic acids is 1. The molecule has 11 heteroatoms. The Bertz CT molecular complexity index is 1110. The minimum Gasteiger partial charge on any atom is -0.496 e. The number of hydrogen-bond donors (Lipinski definition) is 2. The standard InChI is InChI=1S/C21H22N2O8S/c1-30-14-9-6-10-15(31-2)17(14)19(26)22-18-20(27)23(11-16(24)25)21(18)32(28,29)12-13-7-4-3-5-8-13/h3-10,18,21H,11-12H2,1-2H3,(H,22,26)(H,24,25)/t18-,21-/m1/s1. The summed E-state index contributed by atoms with van der Waals surface area (Å²) >= 11 is 0. The molecule has 1 aliphatic heterocycles. The van der Waals surface area contributed by atoms with Gasteiger partial charge in [-0.3, -0.25) is 14.4 Å². The number of ether oxygens (including phenoxy) is 2. The van der Waals surface area contributed by atoms with E-state index in [4.69, 9.17) is 14.6 Å². The predicted octanol–water partition coefficient (Wildman–Crippen LogP) is 0.670. The van der Waals surface area contributed by atoms with Gasteiger partial charge in [-0.05, 0) is 17.7 Å². The summed E-state index contributed by atoms with van der Waals surface area (Å²) in [7, 11) is -1.35. The van der Waals surface area contributed by atoms with Crippen LogP contribution in [0.15, 0.2) is 48.5 Å². The van der Waals surface area contributed by atoms with Gasteiger partial charge in [0.1, 0.15) is 29.6 Å². The first-order chi connectivity index (χ1) is 15.2. The lowest BCUT2D eigenvalue weighted by Gasteiger charge is -2.45. The smallest absolute Gasteiger partial charge is 0.323 e. The van der Waals surface area contributed by atoms with E-state index in [1.165, 1.54) is 26.4 Å². The fourth-order valence-corrected chi connectivity index (χ4v) is 5.55. The molecule has 1 heterocycles. The zero-order valence-corrected chi connectivity index (χ0v) is 18.2. The first kappa shape index (κ1) is 23.1. The van der Waals surface area contributed by atoms with E-state index in [0.717, 1.165) is 4.90 Å². The highest BCUT2D eigenvalue weighted by molar-refractivity contribution is 7.91. The summed E-state index contributed by atoms with van der Waals surface area (Å²) in [5.74, 6) is -3.05. The third-order valence-corrected chi connectivity index (χ3v) is 6.97. The summed E-state index contributed by atoms with van der Waals surface area (Å²) < 4.78 is 36.6. The molecule has 0 aliphatic carbocycles. The number of rotatable bonds is 9. The van der Waals surface area contributed by atoms with E-state index in [-0.39, 0.29) is 17.1 Å². The minimum atomic E-state index is -4.05. The molecule has 0 radical (unpaired) electrons. The Morgan fingerprint density at radius 3 is 2.16 bits per heavy atom. The number of hydrogen-bond acceptors (Lipinski definition) is 7. The summed E-state index contributed by atoms with van der Waals surface area (Å²) in [5, 5.41) is 10.00. The number of benzene rings is 2. The van der Waals surface area contributed by atoms with E-state index in [1.54, 1.807) is 36.4 Å². The summed E-state index contributed by atoms with van der Waals surface area (Å²) in [6, 6.07) is 11.4. The second kappa shape index (κ2) is 9.27. The number of likely N-dealkylation sites (tertiary alicyclic amines) is 1. The van der Waals surface area contributed by atoms with Gasteiger partial charge in [0.05, 0.1) is 20.0 Å². The fraction of sp³-hybridized carbons (Fsp3) is 0.286. The molecule has 2 aromatic rings. The molecule has 0 spiro atoms. The van der Waals surface area contributed by atoms with Crippen LogP contribution in [-0.2, 0) is 25.2 Å². The molecule has 0 aromatic heterocycles. The largest absolute Gasteiger partial charge is 0.496 e. The van der Waals surface area contributed by atoms with Crippen molar-refractivity contribution >= 4 is 27.6 Å². The van der Waals surface area contributed by atoms with Gasteiger partial charge in [-0.2, -0.15) is 0 Å². The third kappa shape index (κ3) is 4.52. The zero-order chi connectivity index (χ0) is 23.5. The number of nitrogens with zero attached hydrogens (tertiary/aromatic N) is 1. The number of nitrogens with one attached hydrogen (secondary N) is 1. The van der Waals surface area contributed by atoms with Gasteiger partial charge in [0, 0.05) is 0 Å². The molecule has 1 saturated heterocycles. The molecule has 1 fully saturated rings. The first-order valence-corrected chi connectivity index (χ1v) is 11.2. The van der Waals surface area contributed by atoms with Gasteiger partial charge in [0.15, 0.2) is 15.2 Å². The average molecular weight is 462 g/mol. The van der Waals surface area contributed by atoms with E-state index in [1.807, 2.05) is 0 Å². The molecule has 32 heavy (non-hydrogen) atoms. The first-order valence-electron chi connectivity index (χ1n) is 9.49. The lowest BCUT2D eigenvalue weighted by molar-refractivity contribution is -0.154. The van der Waals surface area contributed by atoms with Crippen molar-refractivity contribution < 1.29 is 37.4 Å². The Morgan fingerprint density at radius 2 is 1.62 bits per heavy atom. The van der Waals surface area contributed by atoms with Crippen molar-refractivity contribution in [3.8, 4) is 11.5 Å². The number of sulfone groups is 1. The van der Waals surface area contributed by atoms with Crippen LogP contribution in [0.25, 0.3) is 0 Å². The highest BCUT2D eigenvalue weighted by Gasteiger charge is 2.55. The van der Waals surface area contributed by atoms with Crippen LogP contribution >= 0.6 is 0 Å². The number of amides is 2. The van der Waals surface area contributed by atoms with Gasteiger partial charge in [-0.25, -0.2) is 8.42 Å². The van der Waals surface area contributed by atoms with Gasteiger partial charge < -0.3 is 24.8 Å². The van der Waals surface area contributed by atoms with E-state index in [9.17, 15) is 22.8 Å². The van der Waals surface area contributed by atoms with E-state index < -0.39 is 51.3 Å². The molecule has 0 bridgehead atoms. The van der Waals surface area contributed by atoms with Crippen LogP contribution in [0, 0.1) is 0 Å². The Kier molecular flexibility index (Phi) is 6.68. The molecule has 2 amide bonds. The molecule has 2 N–H and O–H groups in total. The number of carboxylic acid groups (broad SMARTS) is 1. The van der Waals surface area contributed by atoms with Crippen molar-refractivity contribution in [3.63, 3.8) is 0 Å². The van der Waals surface area contributed by atoms with Crippen LogP contribution in [0.2, 0.25) is 0 Å². The van der Waals surface area contributed by atoms with Crippen molar-refractivity contribution in [1.82, 2.24) is 10.2 Å². The molecule has 0 saturated carbocycles. The van der Waals surface area contributed by atoms with Crippen LogP contribution in [0.5, 0.6) is 11.5 Å². The highest BCUT2D eigenvalue weighted by Crippen LogP contribution is 2.31. The fourth-order valence-electron chi connectivity index (χ4n) is 3.55. The second-order valence-electron chi connectivity index (χ2n) is 7.03. The summed E-state index contributed by atoms with van der Waals surface area (Å²) in [6.07, 6.45) is 0. The number of β-lactam (4-membered cyclic amide) rings is 1. The predicted molar refractivity (Wildman–Crippen MR) is 113 cm³/mol. The Balaban J connectivity index is 1.92. The molecule has 1 aliphatic rings. The normalized spacial score (nSPS) is 17.9. The number of carbonyl (C=O) groups excluding carboxylic acids is 2. The maximum absolute atomic E-state index is 13.1. The van der Waals surface area contributed by atoms with Gasteiger partial charge in [-0.1, -0.05) is 36.4 Å². The second-order valence-corrected chi connectivity index (χ2v) is 9.13. The van der Waals surface area contributed by atoms with Crippen LogP contribution in [0.1, 0.15) is 15.9 Å². The molecule has 2 atom stereocenters. The van der Waals surface area contributed by atoms with Crippen LogP contribution < -0.4 is 14.8 Å². The van der Waals surface area contributed by atoms with Gasteiger partial charge >= 0.3 is 5.97 Å². The molecular weight excluding hydrogens is 440 g/mol. The maximum Gasteiger partial charge on any atom is 0.323 e. The van der Waals surface area contributed by atoms with Crippen molar-refractivity contribution in [3.05, 3.63) is 59.7 Å². The lowest BCUT2D eigenvalue weighted by Crippen LogP contribution is -2.73. The van der Waals surface area contributed by atoms with Crippen molar-refractivity contribution in [2.45, 2.75) is 17.2 Å². The van der Waals surface area contributed by atoms with Crippen LogP contribution in [0.4, 0.5) is 0 Å². The van der Waals surface area contributed by atoms with Crippen molar-refractivity contribution in [2.24, 2.45) is 0 Å². The number of methoxy groups -OCH3 is 2.